The standard InChI is InChI=1S/C17H16O2/c18-12-5-7-14-11(8-12)4-6-15-13-3-1-2-10(13)9-16(19)17(14)15/h1-4,6,9,11-12,18-19H,5,7-8H2. The van der Waals surface area contributed by atoms with Gasteiger partial charge in [-0.15, -0.1) is 0 Å². The van der Waals surface area contributed by atoms with Crippen LogP contribution in [0, 0.1) is 5.92 Å². The lowest BCUT2D eigenvalue weighted by atomic mass is 9.77. The molecule has 2 heteroatoms. The van der Waals surface area contributed by atoms with Crippen LogP contribution >= 0.6 is 0 Å². The smallest absolute Gasteiger partial charge is 0.124 e. The van der Waals surface area contributed by atoms with Crippen LogP contribution in [0.1, 0.15) is 30.4 Å². The van der Waals surface area contributed by atoms with Crippen molar-refractivity contribution in [2.75, 3.05) is 0 Å². The van der Waals surface area contributed by atoms with E-state index in [-0.39, 0.29) is 12.0 Å². The Morgan fingerprint density at radius 2 is 2.05 bits per heavy atom. The van der Waals surface area contributed by atoms with Crippen LogP contribution in [0.3, 0.4) is 0 Å². The summed E-state index contributed by atoms with van der Waals surface area (Å²) in [6.45, 7) is 0. The lowest BCUT2D eigenvalue weighted by Crippen LogP contribution is -2.29. The maximum Gasteiger partial charge on any atom is 0.124 e. The summed E-state index contributed by atoms with van der Waals surface area (Å²) >= 11 is 0. The highest BCUT2D eigenvalue weighted by molar-refractivity contribution is 5.79. The first kappa shape index (κ1) is 11.1. The number of allylic oxidation sites excluding steroid dienone is 2. The third-order valence-corrected chi connectivity index (χ3v) is 4.49. The van der Waals surface area contributed by atoms with Gasteiger partial charge in [0.25, 0.3) is 0 Å². The van der Waals surface area contributed by atoms with Gasteiger partial charge in [0.15, 0.2) is 0 Å². The van der Waals surface area contributed by atoms with Crippen molar-refractivity contribution in [3.05, 3.63) is 39.8 Å². The Balaban J connectivity index is 2.05. The zero-order chi connectivity index (χ0) is 13.0. The fourth-order valence-electron chi connectivity index (χ4n) is 3.59. The van der Waals surface area contributed by atoms with Crippen LogP contribution in [-0.2, 0) is 0 Å². The molecule has 4 rings (SSSR count). The van der Waals surface area contributed by atoms with E-state index in [1.165, 1.54) is 11.1 Å². The molecule has 2 atom stereocenters. The molecule has 0 radical (unpaired) electrons. The predicted molar refractivity (Wildman–Crippen MR) is 76.6 cm³/mol. The average Bonchev–Trinajstić information content (AvgIpc) is 2.86. The number of rotatable bonds is 0. The van der Waals surface area contributed by atoms with Gasteiger partial charge in [0, 0.05) is 11.1 Å². The van der Waals surface area contributed by atoms with E-state index in [9.17, 15) is 10.2 Å². The van der Waals surface area contributed by atoms with Crippen molar-refractivity contribution in [2.45, 2.75) is 25.4 Å². The van der Waals surface area contributed by atoms with Crippen molar-refractivity contribution < 1.29 is 10.2 Å². The minimum absolute atomic E-state index is 0.204. The van der Waals surface area contributed by atoms with E-state index in [0.29, 0.717) is 5.75 Å². The molecule has 3 aliphatic rings. The largest absolute Gasteiger partial charge is 0.507 e. The van der Waals surface area contributed by atoms with E-state index in [1.54, 1.807) is 0 Å². The van der Waals surface area contributed by atoms with Crippen LogP contribution < -0.4 is 10.4 Å². The van der Waals surface area contributed by atoms with Crippen molar-refractivity contribution in [1.29, 1.82) is 0 Å². The fraction of sp³-hybridized carbons (Fsp3) is 0.294. The van der Waals surface area contributed by atoms with Gasteiger partial charge >= 0.3 is 0 Å². The minimum Gasteiger partial charge on any atom is -0.507 e. The predicted octanol–water partition coefficient (Wildman–Crippen LogP) is 1.54. The summed E-state index contributed by atoms with van der Waals surface area (Å²) in [5.41, 5.74) is 3.65. The first-order chi connectivity index (χ1) is 9.24. The third-order valence-electron chi connectivity index (χ3n) is 4.49. The summed E-state index contributed by atoms with van der Waals surface area (Å²) in [6.07, 6.45) is 12.7. The van der Waals surface area contributed by atoms with Gasteiger partial charge in [-0.25, -0.2) is 0 Å². The number of aliphatic hydroxyl groups is 1. The van der Waals surface area contributed by atoms with E-state index in [2.05, 4.69) is 18.2 Å². The summed E-state index contributed by atoms with van der Waals surface area (Å²) in [5, 5.41) is 22.3. The molecule has 1 aromatic rings. The highest BCUT2D eigenvalue weighted by Gasteiger charge is 2.27. The molecule has 96 valence electrons. The molecule has 0 saturated heterocycles. The average molecular weight is 252 g/mol. The Hall–Kier alpha value is -1.80. The van der Waals surface area contributed by atoms with Gasteiger partial charge in [-0.1, -0.05) is 36.0 Å². The summed E-state index contributed by atoms with van der Waals surface area (Å²) in [6, 6.07) is 1.86. The topological polar surface area (TPSA) is 40.5 Å². The molecule has 0 heterocycles. The highest BCUT2D eigenvalue weighted by Crippen LogP contribution is 2.35. The molecule has 3 aliphatic carbocycles. The van der Waals surface area contributed by atoms with Gasteiger partial charge in [-0.3, -0.25) is 0 Å². The van der Waals surface area contributed by atoms with Gasteiger partial charge < -0.3 is 10.2 Å². The molecule has 0 bridgehead atoms. The molecule has 0 spiro atoms. The Morgan fingerprint density at radius 3 is 2.95 bits per heavy atom. The Bertz CT molecular complexity index is 738. The zero-order valence-corrected chi connectivity index (χ0v) is 10.6. The van der Waals surface area contributed by atoms with Crippen LogP contribution in [0.15, 0.2) is 18.2 Å². The first-order valence-electron chi connectivity index (χ1n) is 6.88. The number of benzene rings is 1. The Kier molecular flexibility index (Phi) is 2.24. The minimum atomic E-state index is -0.204. The van der Waals surface area contributed by atoms with Gasteiger partial charge in [0.05, 0.1) is 6.10 Å². The van der Waals surface area contributed by atoms with Crippen LogP contribution in [0.4, 0.5) is 0 Å². The lowest BCUT2D eigenvalue weighted by Gasteiger charge is -2.30. The van der Waals surface area contributed by atoms with Crippen molar-refractivity contribution in [2.24, 2.45) is 5.92 Å². The fourth-order valence-corrected chi connectivity index (χ4v) is 3.59. The van der Waals surface area contributed by atoms with Crippen molar-refractivity contribution >= 4 is 23.8 Å². The first-order valence-corrected chi connectivity index (χ1v) is 6.88. The van der Waals surface area contributed by atoms with Crippen LogP contribution in [0.25, 0.3) is 23.8 Å². The molecule has 0 aliphatic heterocycles. The number of hydrogen-bond acceptors (Lipinski definition) is 2. The molecule has 2 unspecified atom stereocenters. The molecule has 0 aromatic heterocycles. The molecule has 1 saturated carbocycles. The monoisotopic (exact) mass is 252 g/mol. The van der Waals surface area contributed by atoms with E-state index < -0.39 is 0 Å². The van der Waals surface area contributed by atoms with Crippen LogP contribution in [0.5, 0.6) is 5.75 Å². The number of phenolic OH excluding ortho intramolecular Hbond substituents is 1. The summed E-state index contributed by atoms with van der Waals surface area (Å²) in [5.74, 6) is 0.670. The van der Waals surface area contributed by atoms with Gasteiger partial charge in [0.1, 0.15) is 5.75 Å². The Morgan fingerprint density at radius 1 is 1.16 bits per heavy atom. The summed E-state index contributed by atoms with van der Waals surface area (Å²) in [7, 11) is 0. The molecule has 1 aromatic carbocycles. The molecular weight excluding hydrogens is 236 g/mol. The van der Waals surface area contributed by atoms with Gasteiger partial charge in [-0.05, 0) is 41.7 Å². The molecule has 0 amide bonds. The second-order valence-corrected chi connectivity index (χ2v) is 5.63. The van der Waals surface area contributed by atoms with Crippen LogP contribution in [-0.4, -0.2) is 16.3 Å². The number of hydrogen-bond donors (Lipinski definition) is 2. The van der Waals surface area contributed by atoms with E-state index in [0.717, 1.165) is 35.3 Å². The zero-order valence-electron chi connectivity index (χ0n) is 10.6. The molecular formula is C17H16O2. The third kappa shape index (κ3) is 1.53. The van der Waals surface area contributed by atoms with Crippen molar-refractivity contribution in [1.82, 2.24) is 0 Å². The lowest BCUT2D eigenvalue weighted by molar-refractivity contribution is 0.138. The number of fused-ring (bicyclic) bond motifs is 4. The summed E-state index contributed by atoms with van der Waals surface area (Å²) < 4.78 is 0. The molecule has 2 nitrogen and oxygen atoms in total. The maximum atomic E-state index is 10.4. The van der Waals surface area contributed by atoms with E-state index >= 15 is 0 Å². The van der Waals surface area contributed by atoms with E-state index in [1.807, 2.05) is 18.2 Å². The molecule has 2 N–H and O–H groups in total. The Labute approximate surface area is 111 Å². The van der Waals surface area contributed by atoms with Crippen LogP contribution in [0.2, 0.25) is 0 Å². The number of aliphatic hydroxyl groups excluding tert-OH is 1. The van der Waals surface area contributed by atoms with Gasteiger partial charge in [0.2, 0.25) is 0 Å². The van der Waals surface area contributed by atoms with Crippen molar-refractivity contribution in [3.63, 3.8) is 0 Å². The number of phenols is 1. The SMILES string of the molecule is Oc1cc2c(c3c1=C1CCC(O)CC1C=C3)C=CC=2. The van der Waals surface area contributed by atoms with Gasteiger partial charge in [-0.2, -0.15) is 0 Å². The highest BCUT2D eigenvalue weighted by atomic mass is 16.3. The van der Waals surface area contributed by atoms with E-state index in [4.69, 9.17) is 0 Å². The number of aromatic hydroxyl groups is 1. The van der Waals surface area contributed by atoms with Crippen molar-refractivity contribution in [3.8, 4) is 5.75 Å². The normalized spacial score (nSPS) is 26.7. The molecule has 19 heavy (non-hydrogen) atoms. The quantitative estimate of drug-likeness (QED) is 0.735. The second kappa shape index (κ2) is 3.84. The maximum absolute atomic E-state index is 10.4. The molecule has 1 fully saturated rings. The summed E-state index contributed by atoms with van der Waals surface area (Å²) in [4.78, 5) is 0. The second-order valence-electron chi connectivity index (χ2n) is 5.63.